The van der Waals surface area contributed by atoms with Crippen molar-refractivity contribution in [3.63, 3.8) is 0 Å². The molecule has 2 aromatic rings. The van der Waals surface area contributed by atoms with Crippen LogP contribution in [-0.2, 0) is 6.54 Å². The summed E-state index contributed by atoms with van der Waals surface area (Å²) in [6.07, 6.45) is 5.30. The highest BCUT2D eigenvalue weighted by atomic mass is 16.5. The molecule has 6 heteroatoms. The van der Waals surface area contributed by atoms with Crippen LogP contribution in [0.5, 0.6) is 23.0 Å². The minimum absolute atomic E-state index is 0.178. The normalized spacial score (nSPS) is 22.0. The third-order valence-electron chi connectivity index (χ3n) is 6.11. The van der Waals surface area contributed by atoms with Crippen LogP contribution in [0, 0.1) is 0 Å². The van der Waals surface area contributed by atoms with E-state index >= 15 is 0 Å². The third kappa shape index (κ3) is 3.75. The van der Waals surface area contributed by atoms with Gasteiger partial charge < -0.3 is 24.2 Å². The van der Waals surface area contributed by atoms with Crippen molar-refractivity contribution in [2.45, 2.75) is 38.8 Å². The van der Waals surface area contributed by atoms with Crippen LogP contribution in [0.1, 0.15) is 47.7 Å². The van der Waals surface area contributed by atoms with Gasteiger partial charge in [-0.2, -0.15) is 0 Å². The van der Waals surface area contributed by atoms with E-state index in [0.717, 1.165) is 12.1 Å². The molecule has 0 radical (unpaired) electrons. The summed E-state index contributed by atoms with van der Waals surface area (Å²) in [7, 11) is 3.15. The Labute approximate surface area is 176 Å². The number of phenolic OH excluding ortho intramolecular Hbond substituents is 1. The molecule has 0 aliphatic carbocycles. The van der Waals surface area contributed by atoms with Gasteiger partial charge in [-0.15, -0.1) is 0 Å². The number of hydrogen-bond acceptors (Lipinski definition) is 5. The lowest BCUT2D eigenvalue weighted by Crippen LogP contribution is -3.14. The molecule has 6 nitrogen and oxygen atoms in total. The molecule has 158 valence electrons. The zero-order valence-electron chi connectivity index (χ0n) is 17.7. The highest BCUT2D eigenvalue weighted by Gasteiger charge is 2.33. The SMILES string of the molecule is COc1ccc(/C=C2\Oc3c(ccc(O)c3C[NH+]3CCCC[C@H]3C)C2=O)cc1OC. The first-order valence-corrected chi connectivity index (χ1v) is 10.4. The first-order chi connectivity index (χ1) is 14.5. The predicted molar refractivity (Wildman–Crippen MR) is 113 cm³/mol. The average molecular weight is 410 g/mol. The van der Waals surface area contributed by atoms with Gasteiger partial charge in [-0.3, -0.25) is 4.79 Å². The number of quaternary nitrogens is 1. The minimum Gasteiger partial charge on any atom is -0.507 e. The zero-order valence-corrected chi connectivity index (χ0v) is 17.7. The highest BCUT2D eigenvalue weighted by molar-refractivity contribution is 6.15. The molecule has 1 fully saturated rings. The molecular formula is C24H28NO5+. The number of benzene rings is 2. The van der Waals surface area contributed by atoms with E-state index in [4.69, 9.17) is 14.2 Å². The Balaban J connectivity index is 1.65. The van der Waals surface area contributed by atoms with Gasteiger partial charge in [0.15, 0.2) is 23.0 Å². The van der Waals surface area contributed by atoms with Crippen LogP contribution in [0.15, 0.2) is 36.1 Å². The fourth-order valence-electron chi connectivity index (χ4n) is 4.30. The smallest absolute Gasteiger partial charge is 0.231 e. The molecule has 30 heavy (non-hydrogen) atoms. The number of rotatable bonds is 5. The lowest BCUT2D eigenvalue weighted by molar-refractivity contribution is -0.941. The van der Waals surface area contributed by atoms with Gasteiger partial charge in [-0.25, -0.2) is 0 Å². The molecule has 0 bridgehead atoms. The number of ketones is 1. The Kier molecular flexibility index (Phi) is 5.68. The number of allylic oxidation sites excluding steroid dienone is 1. The van der Waals surface area contributed by atoms with Gasteiger partial charge in [0.25, 0.3) is 0 Å². The van der Waals surface area contributed by atoms with E-state index in [1.807, 2.05) is 6.07 Å². The number of piperidine rings is 1. The molecule has 2 heterocycles. The number of aromatic hydroxyl groups is 1. The lowest BCUT2D eigenvalue weighted by Gasteiger charge is -2.30. The van der Waals surface area contributed by atoms with Gasteiger partial charge in [0.2, 0.25) is 5.78 Å². The number of likely N-dealkylation sites (tertiary alicyclic amines) is 1. The molecule has 2 aliphatic heterocycles. The molecule has 0 spiro atoms. The molecule has 1 unspecified atom stereocenters. The van der Waals surface area contributed by atoms with Crippen molar-refractivity contribution in [1.82, 2.24) is 0 Å². The van der Waals surface area contributed by atoms with E-state index < -0.39 is 0 Å². The fourth-order valence-corrected chi connectivity index (χ4v) is 4.30. The third-order valence-corrected chi connectivity index (χ3v) is 6.11. The standard InChI is InChI=1S/C24H27NO5/c1-15-6-4-5-11-25(15)14-18-19(26)9-8-17-23(27)22(30-24(17)18)13-16-7-10-20(28-2)21(12-16)29-3/h7-10,12-13,15,26H,4-6,11,14H2,1-3H3/p+1/b22-13-/t15-/m1/s1. The largest absolute Gasteiger partial charge is 0.507 e. The molecular weight excluding hydrogens is 382 g/mol. The maximum atomic E-state index is 13.0. The summed E-state index contributed by atoms with van der Waals surface area (Å²) in [5.74, 6) is 1.92. The van der Waals surface area contributed by atoms with Crippen molar-refractivity contribution in [3.8, 4) is 23.0 Å². The van der Waals surface area contributed by atoms with Gasteiger partial charge >= 0.3 is 0 Å². The van der Waals surface area contributed by atoms with Gasteiger partial charge in [0.1, 0.15) is 12.3 Å². The predicted octanol–water partition coefficient (Wildman–Crippen LogP) is 2.98. The Morgan fingerprint density at radius 1 is 1.17 bits per heavy atom. The number of hydrogen-bond donors (Lipinski definition) is 2. The van der Waals surface area contributed by atoms with Crippen molar-refractivity contribution < 1.29 is 29.0 Å². The lowest BCUT2D eigenvalue weighted by atomic mass is 10.0. The van der Waals surface area contributed by atoms with Crippen molar-refractivity contribution in [2.75, 3.05) is 20.8 Å². The van der Waals surface area contributed by atoms with Crippen LogP contribution in [0.2, 0.25) is 0 Å². The van der Waals surface area contributed by atoms with Gasteiger partial charge in [0.05, 0.1) is 37.9 Å². The maximum absolute atomic E-state index is 13.0. The van der Waals surface area contributed by atoms with E-state index in [-0.39, 0.29) is 17.3 Å². The second kappa shape index (κ2) is 8.40. The molecule has 2 aromatic carbocycles. The Hall–Kier alpha value is -2.99. The molecule has 0 saturated carbocycles. The van der Waals surface area contributed by atoms with Crippen LogP contribution < -0.4 is 19.1 Å². The maximum Gasteiger partial charge on any atom is 0.231 e. The number of Topliss-reactive ketones (excluding diaryl/α,β-unsaturated/α-hetero) is 1. The highest BCUT2D eigenvalue weighted by Crippen LogP contribution is 2.39. The van der Waals surface area contributed by atoms with Crippen LogP contribution in [0.3, 0.4) is 0 Å². The molecule has 4 rings (SSSR count). The average Bonchev–Trinajstić information content (AvgIpc) is 3.07. The van der Waals surface area contributed by atoms with Gasteiger partial charge in [-0.1, -0.05) is 6.07 Å². The van der Waals surface area contributed by atoms with E-state index in [1.54, 1.807) is 44.6 Å². The summed E-state index contributed by atoms with van der Waals surface area (Å²) in [6.45, 7) is 3.95. The molecule has 0 aromatic heterocycles. The number of nitrogens with one attached hydrogen (secondary N) is 1. The molecule has 0 amide bonds. The minimum atomic E-state index is -0.178. The summed E-state index contributed by atoms with van der Waals surface area (Å²) >= 11 is 0. The number of fused-ring (bicyclic) bond motifs is 1. The summed E-state index contributed by atoms with van der Waals surface area (Å²) in [4.78, 5) is 14.4. The fraction of sp³-hybridized carbons (Fsp3) is 0.375. The summed E-state index contributed by atoms with van der Waals surface area (Å²) in [6, 6.07) is 9.18. The van der Waals surface area contributed by atoms with Crippen molar-refractivity contribution in [3.05, 3.63) is 52.8 Å². The van der Waals surface area contributed by atoms with Gasteiger partial charge in [-0.05, 0) is 62.1 Å². The van der Waals surface area contributed by atoms with E-state index in [9.17, 15) is 9.90 Å². The number of methoxy groups -OCH3 is 2. The van der Waals surface area contributed by atoms with Crippen LogP contribution in [-0.4, -0.2) is 37.7 Å². The Morgan fingerprint density at radius 3 is 2.70 bits per heavy atom. The number of phenols is 1. The van der Waals surface area contributed by atoms with Crippen LogP contribution >= 0.6 is 0 Å². The summed E-state index contributed by atoms with van der Waals surface area (Å²) < 4.78 is 16.6. The Bertz CT molecular complexity index is 997. The first kappa shape index (κ1) is 20.3. The zero-order chi connectivity index (χ0) is 21.3. The molecule has 2 atom stereocenters. The van der Waals surface area contributed by atoms with E-state index in [0.29, 0.717) is 41.0 Å². The summed E-state index contributed by atoms with van der Waals surface area (Å²) in [5, 5.41) is 10.5. The van der Waals surface area contributed by atoms with Crippen molar-refractivity contribution in [1.29, 1.82) is 0 Å². The van der Waals surface area contributed by atoms with E-state index in [2.05, 4.69) is 6.92 Å². The molecule has 2 aliphatic rings. The van der Waals surface area contributed by atoms with Crippen LogP contribution in [0.25, 0.3) is 6.08 Å². The Morgan fingerprint density at radius 2 is 1.97 bits per heavy atom. The van der Waals surface area contributed by atoms with Crippen LogP contribution in [0.4, 0.5) is 0 Å². The number of carbonyl (C=O) groups excluding carboxylic acids is 1. The first-order valence-electron chi connectivity index (χ1n) is 10.4. The quantitative estimate of drug-likeness (QED) is 0.742. The van der Waals surface area contributed by atoms with Gasteiger partial charge in [0, 0.05) is 0 Å². The summed E-state index contributed by atoms with van der Waals surface area (Å²) in [5.41, 5.74) is 1.98. The molecule has 1 saturated heterocycles. The number of carbonyl (C=O) groups is 1. The monoisotopic (exact) mass is 410 g/mol. The topological polar surface area (TPSA) is 69.4 Å². The second-order valence-corrected chi connectivity index (χ2v) is 7.98. The molecule has 2 N–H and O–H groups in total. The number of ether oxygens (including phenoxy) is 3. The van der Waals surface area contributed by atoms with E-state index in [1.165, 1.54) is 24.2 Å². The van der Waals surface area contributed by atoms with Crippen molar-refractivity contribution >= 4 is 11.9 Å². The second-order valence-electron chi connectivity index (χ2n) is 7.98. The van der Waals surface area contributed by atoms with Crippen molar-refractivity contribution in [2.24, 2.45) is 0 Å².